The van der Waals surface area contributed by atoms with Crippen molar-refractivity contribution in [3.05, 3.63) is 30.1 Å². The molecule has 2 fully saturated rings. The van der Waals surface area contributed by atoms with Gasteiger partial charge in [0.05, 0.1) is 12.1 Å². The number of nitrogens with zero attached hydrogens (tertiary/aromatic N) is 4. The molecule has 7 heteroatoms. The smallest absolute Gasteiger partial charge is 0.253 e. The first-order valence-corrected chi connectivity index (χ1v) is 9.23. The normalized spacial score (nSPS) is 24.3. The van der Waals surface area contributed by atoms with E-state index >= 15 is 0 Å². The number of amides is 2. The number of likely N-dealkylation sites (tertiary alicyclic amines) is 2. The Hall–Kier alpha value is -1.99. The van der Waals surface area contributed by atoms with Crippen LogP contribution >= 0.6 is 0 Å². The predicted molar refractivity (Wildman–Crippen MR) is 97.6 cm³/mol. The highest BCUT2D eigenvalue weighted by atomic mass is 16.3. The number of β-amino-alcohol motifs (C(OH)–C–C–N with tert-alkyl or cyclic N) is 1. The van der Waals surface area contributed by atoms with E-state index < -0.39 is 5.60 Å². The first-order chi connectivity index (χ1) is 12.4. The van der Waals surface area contributed by atoms with Crippen molar-refractivity contribution < 1.29 is 14.7 Å². The van der Waals surface area contributed by atoms with Gasteiger partial charge in [-0.1, -0.05) is 0 Å². The third-order valence-corrected chi connectivity index (χ3v) is 5.31. The fourth-order valence-electron chi connectivity index (χ4n) is 4.03. The summed E-state index contributed by atoms with van der Waals surface area (Å²) in [4.78, 5) is 34.8. The third-order valence-electron chi connectivity index (χ3n) is 5.31. The molecule has 1 atom stereocenters. The second-order valence-corrected chi connectivity index (χ2v) is 7.77. The Morgan fingerprint density at radius 3 is 2.46 bits per heavy atom. The van der Waals surface area contributed by atoms with E-state index in [0.717, 1.165) is 0 Å². The molecule has 0 aliphatic carbocycles. The first kappa shape index (κ1) is 18.8. The summed E-state index contributed by atoms with van der Waals surface area (Å²) in [5.41, 5.74) is -0.171. The molecule has 2 saturated heterocycles. The molecule has 0 unspecified atom stereocenters. The number of piperidine rings is 1. The lowest BCUT2D eigenvalue weighted by atomic mass is 9.94. The van der Waals surface area contributed by atoms with Gasteiger partial charge in [-0.2, -0.15) is 0 Å². The van der Waals surface area contributed by atoms with Crippen molar-refractivity contribution >= 4 is 11.8 Å². The summed E-state index contributed by atoms with van der Waals surface area (Å²) in [7, 11) is 3.86. The maximum absolute atomic E-state index is 12.8. The van der Waals surface area contributed by atoms with Crippen LogP contribution in [0.15, 0.2) is 24.5 Å². The summed E-state index contributed by atoms with van der Waals surface area (Å²) in [6, 6.07) is 3.44. The lowest BCUT2D eigenvalue weighted by Gasteiger charge is -2.33. The highest BCUT2D eigenvalue weighted by Crippen LogP contribution is 2.27. The van der Waals surface area contributed by atoms with E-state index in [1.54, 1.807) is 29.4 Å². The number of aliphatic hydroxyl groups is 1. The number of aromatic nitrogens is 1. The molecule has 2 amide bonds. The Labute approximate surface area is 154 Å². The van der Waals surface area contributed by atoms with Crippen LogP contribution in [0.5, 0.6) is 0 Å². The number of pyridine rings is 1. The molecule has 26 heavy (non-hydrogen) atoms. The minimum absolute atomic E-state index is 0.000158. The predicted octanol–water partition coefficient (Wildman–Crippen LogP) is 0.459. The van der Waals surface area contributed by atoms with Crippen molar-refractivity contribution in [3.8, 4) is 0 Å². The largest absolute Gasteiger partial charge is 0.387 e. The molecule has 1 N–H and O–H groups in total. The summed E-state index contributed by atoms with van der Waals surface area (Å²) in [5.74, 6) is 0.0636. The number of hydrogen-bond acceptors (Lipinski definition) is 5. The highest BCUT2D eigenvalue weighted by molar-refractivity contribution is 5.94. The van der Waals surface area contributed by atoms with Crippen LogP contribution in [0.4, 0.5) is 0 Å². The molecule has 0 radical (unpaired) electrons. The van der Waals surface area contributed by atoms with E-state index in [2.05, 4.69) is 4.98 Å². The minimum atomic E-state index is -0.808. The Morgan fingerprint density at radius 2 is 1.85 bits per heavy atom. The van der Waals surface area contributed by atoms with Gasteiger partial charge in [0.25, 0.3) is 5.91 Å². The topological polar surface area (TPSA) is 77.0 Å². The van der Waals surface area contributed by atoms with E-state index in [4.69, 9.17) is 0 Å². The van der Waals surface area contributed by atoms with E-state index in [-0.39, 0.29) is 17.7 Å². The molecule has 0 aromatic carbocycles. The van der Waals surface area contributed by atoms with Crippen molar-refractivity contribution in [2.45, 2.75) is 24.9 Å². The second kappa shape index (κ2) is 7.72. The molecule has 2 aliphatic heterocycles. The maximum Gasteiger partial charge on any atom is 0.253 e. The fraction of sp³-hybridized carbons (Fsp3) is 0.632. The summed E-state index contributed by atoms with van der Waals surface area (Å²) >= 11 is 0. The number of hydrogen-bond donors (Lipinski definition) is 1. The van der Waals surface area contributed by atoms with Gasteiger partial charge in [0.2, 0.25) is 5.91 Å². The molecule has 3 heterocycles. The molecule has 7 nitrogen and oxygen atoms in total. The Kier molecular flexibility index (Phi) is 5.58. The summed E-state index contributed by atoms with van der Waals surface area (Å²) in [6.45, 7) is 2.76. The Morgan fingerprint density at radius 1 is 1.19 bits per heavy atom. The lowest BCUT2D eigenvalue weighted by molar-refractivity contribution is -0.137. The van der Waals surface area contributed by atoms with Gasteiger partial charge in [-0.05, 0) is 45.5 Å². The van der Waals surface area contributed by atoms with Gasteiger partial charge >= 0.3 is 0 Å². The van der Waals surface area contributed by atoms with Crippen molar-refractivity contribution in [1.82, 2.24) is 19.7 Å². The molecular formula is C19H28N4O3. The molecular weight excluding hydrogens is 332 g/mol. The average Bonchev–Trinajstić information content (AvgIpc) is 3.02. The molecule has 0 spiro atoms. The van der Waals surface area contributed by atoms with E-state index in [1.165, 1.54) is 0 Å². The van der Waals surface area contributed by atoms with E-state index in [9.17, 15) is 14.7 Å². The summed E-state index contributed by atoms with van der Waals surface area (Å²) < 4.78 is 0. The highest BCUT2D eigenvalue weighted by Gasteiger charge is 2.40. The van der Waals surface area contributed by atoms with Crippen molar-refractivity contribution in [2.24, 2.45) is 5.92 Å². The van der Waals surface area contributed by atoms with Gasteiger partial charge in [0, 0.05) is 50.1 Å². The van der Waals surface area contributed by atoms with E-state index in [0.29, 0.717) is 57.5 Å². The summed E-state index contributed by atoms with van der Waals surface area (Å²) in [6.07, 6.45) is 5.21. The van der Waals surface area contributed by atoms with Gasteiger partial charge in [-0.15, -0.1) is 0 Å². The van der Waals surface area contributed by atoms with Crippen LogP contribution in [0.3, 0.4) is 0 Å². The number of carbonyl (C=O) groups excluding carboxylic acids is 2. The van der Waals surface area contributed by atoms with Crippen molar-refractivity contribution in [1.29, 1.82) is 0 Å². The Bertz CT molecular complexity index is 643. The maximum atomic E-state index is 12.8. The van der Waals surface area contributed by atoms with Crippen molar-refractivity contribution in [3.63, 3.8) is 0 Å². The zero-order valence-corrected chi connectivity index (χ0v) is 15.6. The molecule has 2 aliphatic rings. The molecule has 142 valence electrons. The molecule has 1 aromatic heterocycles. The van der Waals surface area contributed by atoms with Crippen LogP contribution in [-0.2, 0) is 4.79 Å². The zero-order valence-electron chi connectivity index (χ0n) is 15.6. The number of rotatable bonds is 4. The monoisotopic (exact) mass is 360 g/mol. The molecule has 0 saturated carbocycles. The van der Waals surface area contributed by atoms with Gasteiger partial charge in [-0.25, -0.2) is 0 Å². The standard InChI is InChI=1S/C19H28N4O3/c1-21(2)13-19(26)7-12-23(14-19)18(25)16-5-10-22(11-6-16)17(24)15-3-8-20-9-4-15/h3-4,8-9,16,26H,5-7,10-14H2,1-2H3/t19-/m1/s1. The number of likely N-dealkylation sites (N-methyl/N-ethyl adjacent to an activating group) is 1. The van der Waals surface area contributed by atoms with Crippen LogP contribution < -0.4 is 0 Å². The SMILES string of the molecule is CN(C)C[C@]1(O)CCN(C(=O)C2CCN(C(=O)c3ccncc3)CC2)C1. The second-order valence-electron chi connectivity index (χ2n) is 7.77. The van der Waals surface area contributed by atoms with Crippen molar-refractivity contribution in [2.75, 3.05) is 46.8 Å². The van der Waals surface area contributed by atoms with Gasteiger partial charge in [0.15, 0.2) is 0 Å². The van der Waals surface area contributed by atoms with Crippen LogP contribution in [-0.4, -0.2) is 89.0 Å². The lowest BCUT2D eigenvalue weighted by Crippen LogP contribution is -2.46. The Balaban J connectivity index is 1.52. The van der Waals surface area contributed by atoms with E-state index in [1.807, 2.05) is 23.9 Å². The molecule has 3 rings (SSSR count). The van der Waals surface area contributed by atoms with Gasteiger partial charge in [0.1, 0.15) is 0 Å². The molecule has 1 aromatic rings. The third kappa shape index (κ3) is 4.22. The van der Waals surface area contributed by atoms with Gasteiger partial charge < -0.3 is 19.8 Å². The van der Waals surface area contributed by atoms with Gasteiger partial charge in [-0.3, -0.25) is 14.6 Å². The first-order valence-electron chi connectivity index (χ1n) is 9.23. The number of carbonyl (C=O) groups is 2. The van der Waals surface area contributed by atoms with Crippen LogP contribution in [0.1, 0.15) is 29.6 Å². The van der Waals surface area contributed by atoms with Crippen LogP contribution in [0, 0.1) is 5.92 Å². The van der Waals surface area contributed by atoms with Crippen LogP contribution in [0.2, 0.25) is 0 Å². The summed E-state index contributed by atoms with van der Waals surface area (Å²) in [5, 5.41) is 10.6. The quantitative estimate of drug-likeness (QED) is 0.844. The zero-order chi connectivity index (χ0) is 18.7. The molecule has 0 bridgehead atoms. The van der Waals surface area contributed by atoms with Crippen LogP contribution in [0.25, 0.3) is 0 Å². The minimum Gasteiger partial charge on any atom is -0.387 e. The fourth-order valence-corrected chi connectivity index (χ4v) is 4.03. The average molecular weight is 360 g/mol.